The summed E-state index contributed by atoms with van der Waals surface area (Å²) in [7, 11) is 3.16. The van der Waals surface area contributed by atoms with Crippen LogP contribution in [-0.4, -0.2) is 35.1 Å². The number of carbonyl (C=O) groups excluding carboxylic acids is 1. The lowest BCUT2D eigenvalue weighted by Crippen LogP contribution is -2.14. The van der Waals surface area contributed by atoms with Gasteiger partial charge < -0.3 is 9.47 Å². The van der Waals surface area contributed by atoms with E-state index in [2.05, 4.69) is 20.3 Å². The van der Waals surface area contributed by atoms with Crippen molar-refractivity contribution in [2.45, 2.75) is 6.92 Å². The van der Waals surface area contributed by atoms with Gasteiger partial charge in [0.1, 0.15) is 6.33 Å². The molecule has 7 nitrogen and oxygen atoms in total. The first-order valence-electron chi connectivity index (χ1n) is 7.50. The third kappa shape index (κ3) is 3.61. The number of aryl methyl sites for hydroxylation is 1. The molecular weight excluding hydrogens is 376 g/mol. The number of hydrogen-bond acceptors (Lipinski definition) is 7. The number of nitrogens with zero attached hydrogens (tertiary/aromatic N) is 3. The summed E-state index contributed by atoms with van der Waals surface area (Å²) in [6, 6.07) is 5.54. The first-order valence-corrected chi connectivity index (χ1v) is 8.69. The second-order valence-electron chi connectivity index (χ2n) is 5.17. The second kappa shape index (κ2) is 7.67. The van der Waals surface area contributed by atoms with Crippen LogP contribution in [0.4, 0.5) is 5.13 Å². The zero-order valence-electron chi connectivity index (χ0n) is 14.2. The van der Waals surface area contributed by atoms with E-state index in [0.29, 0.717) is 16.6 Å². The number of carbonyl (C=O) groups is 1. The van der Waals surface area contributed by atoms with Crippen LogP contribution in [0.3, 0.4) is 0 Å². The summed E-state index contributed by atoms with van der Waals surface area (Å²) < 4.78 is 10.6. The summed E-state index contributed by atoms with van der Waals surface area (Å²) >= 11 is 7.31. The van der Waals surface area contributed by atoms with E-state index in [4.69, 9.17) is 21.1 Å². The third-order valence-electron chi connectivity index (χ3n) is 3.56. The number of amides is 1. The molecule has 0 atom stereocenters. The topological polar surface area (TPSA) is 86.2 Å². The van der Waals surface area contributed by atoms with Crippen LogP contribution in [0.2, 0.25) is 5.02 Å². The predicted octanol–water partition coefficient (Wildman–Crippen LogP) is 3.83. The van der Waals surface area contributed by atoms with Crippen LogP contribution in [0, 0.1) is 6.92 Å². The molecule has 26 heavy (non-hydrogen) atoms. The molecule has 0 aliphatic heterocycles. The van der Waals surface area contributed by atoms with Gasteiger partial charge in [0.2, 0.25) is 0 Å². The molecule has 1 aromatic carbocycles. The minimum atomic E-state index is -0.440. The van der Waals surface area contributed by atoms with Gasteiger partial charge in [0.25, 0.3) is 5.91 Å². The molecule has 1 amide bonds. The minimum Gasteiger partial charge on any atom is -0.493 e. The number of aromatic nitrogens is 3. The molecule has 2 aromatic heterocycles. The Labute approximate surface area is 159 Å². The zero-order chi connectivity index (χ0) is 18.7. The number of thiazole rings is 1. The Hall–Kier alpha value is -2.71. The molecule has 3 aromatic rings. The molecule has 9 heteroatoms. The summed E-state index contributed by atoms with van der Waals surface area (Å²) in [4.78, 5) is 25.4. The molecule has 0 aliphatic rings. The standard InChI is InChI=1S/C17H15ClN4O3S/c1-9-14(10-4-5-12(24-2)13(6-10)25-3)21-17(26-9)22-16(23)15-11(18)7-19-8-20-15/h4-8H,1-3H3,(H,21,22,23). The fourth-order valence-electron chi connectivity index (χ4n) is 2.34. The maximum atomic E-state index is 12.3. The van der Waals surface area contributed by atoms with Crippen molar-refractivity contribution in [2.24, 2.45) is 0 Å². The fourth-order valence-corrected chi connectivity index (χ4v) is 3.36. The molecule has 0 saturated carbocycles. The van der Waals surface area contributed by atoms with Crippen LogP contribution in [-0.2, 0) is 0 Å². The van der Waals surface area contributed by atoms with Crippen molar-refractivity contribution in [3.05, 3.63) is 46.3 Å². The van der Waals surface area contributed by atoms with Gasteiger partial charge in [-0.1, -0.05) is 11.6 Å². The van der Waals surface area contributed by atoms with Crippen LogP contribution < -0.4 is 14.8 Å². The van der Waals surface area contributed by atoms with Crippen molar-refractivity contribution in [3.63, 3.8) is 0 Å². The highest BCUT2D eigenvalue weighted by Gasteiger charge is 2.17. The van der Waals surface area contributed by atoms with Gasteiger partial charge in [-0.15, -0.1) is 11.3 Å². The van der Waals surface area contributed by atoms with Crippen molar-refractivity contribution in [2.75, 3.05) is 19.5 Å². The van der Waals surface area contributed by atoms with Gasteiger partial charge in [0, 0.05) is 16.6 Å². The number of nitrogens with one attached hydrogen (secondary N) is 1. The van der Waals surface area contributed by atoms with Gasteiger partial charge in [-0.2, -0.15) is 0 Å². The van der Waals surface area contributed by atoms with Gasteiger partial charge in [-0.3, -0.25) is 10.1 Å². The van der Waals surface area contributed by atoms with E-state index in [1.54, 1.807) is 14.2 Å². The number of hydrogen-bond donors (Lipinski definition) is 1. The van der Waals surface area contributed by atoms with E-state index < -0.39 is 5.91 Å². The van der Waals surface area contributed by atoms with E-state index in [0.717, 1.165) is 16.1 Å². The number of benzene rings is 1. The maximum Gasteiger partial charge on any atom is 0.277 e. The number of ether oxygens (including phenoxy) is 2. The molecule has 0 spiro atoms. The van der Waals surface area contributed by atoms with Crippen molar-refractivity contribution >= 4 is 34.0 Å². The lowest BCUT2D eigenvalue weighted by atomic mass is 10.1. The summed E-state index contributed by atoms with van der Waals surface area (Å²) in [6.45, 7) is 1.93. The average molecular weight is 391 g/mol. The van der Waals surface area contributed by atoms with Crippen molar-refractivity contribution in [3.8, 4) is 22.8 Å². The molecule has 0 bridgehead atoms. The van der Waals surface area contributed by atoms with Crippen LogP contribution in [0.5, 0.6) is 11.5 Å². The van der Waals surface area contributed by atoms with Crippen molar-refractivity contribution < 1.29 is 14.3 Å². The minimum absolute atomic E-state index is 0.0992. The van der Waals surface area contributed by atoms with E-state index in [9.17, 15) is 4.79 Å². The monoisotopic (exact) mass is 390 g/mol. The Kier molecular flexibility index (Phi) is 5.34. The van der Waals surface area contributed by atoms with Crippen LogP contribution in [0.1, 0.15) is 15.4 Å². The highest BCUT2D eigenvalue weighted by Crippen LogP contribution is 2.36. The lowest BCUT2D eigenvalue weighted by molar-refractivity contribution is 0.102. The van der Waals surface area contributed by atoms with E-state index in [-0.39, 0.29) is 10.7 Å². The lowest BCUT2D eigenvalue weighted by Gasteiger charge is -2.08. The number of methoxy groups -OCH3 is 2. The van der Waals surface area contributed by atoms with Gasteiger partial charge >= 0.3 is 0 Å². The van der Waals surface area contributed by atoms with E-state index in [1.807, 2.05) is 25.1 Å². The molecule has 134 valence electrons. The largest absolute Gasteiger partial charge is 0.493 e. The smallest absolute Gasteiger partial charge is 0.277 e. The Morgan fingerprint density at radius 2 is 2.00 bits per heavy atom. The van der Waals surface area contributed by atoms with Crippen molar-refractivity contribution in [1.29, 1.82) is 0 Å². The molecule has 1 N–H and O–H groups in total. The highest BCUT2D eigenvalue weighted by molar-refractivity contribution is 7.16. The Bertz CT molecular complexity index is 961. The summed E-state index contributed by atoms with van der Waals surface area (Å²) in [5, 5.41) is 3.35. The highest BCUT2D eigenvalue weighted by atomic mass is 35.5. The quantitative estimate of drug-likeness (QED) is 0.712. The number of rotatable bonds is 5. The van der Waals surface area contributed by atoms with Crippen LogP contribution in [0.15, 0.2) is 30.7 Å². The summed E-state index contributed by atoms with van der Waals surface area (Å²) in [5.41, 5.74) is 1.71. The predicted molar refractivity (Wildman–Crippen MR) is 100 cm³/mol. The first kappa shape index (κ1) is 18.1. The number of halogens is 1. The molecule has 0 radical (unpaired) electrons. The summed E-state index contributed by atoms with van der Waals surface area (Å²) in [6.07, 6.45) is 2.63. The Morgan fingerprint density at radius 1 is 1.23 bits per heavy atom. The molecule has 0 saturated heterocycles. The molecule has 0 unspecified atom stereocenters. The van der Waals surface area contributed by atoms with E-state index in [1.165, 1.54) is 23.9 Å². The molecule has 0 aliphatic carbocycles. The second-order valence-corrected chi connectivity index (χ2v) is 6.78. The zero-order valence-corrected chi connectivity index (χ0v) is 15.8. The molecule has 3 rings (SSSR count). The van der Waals surface area contributed by atoms with Gasteiger partial charge in [-0.05, 0) is 25.1 Å². The Balaban J connectivity index is 1.88. The third-order valence-corrected chi connectivity index (χ3v) is 4.72. The summed E-state index contributed by atoms with van der Waals surface area (Å²) in [5.74, 6) is 0.803. The molecule has 2 heterocycles. The van der Waals surface area contributed by atoms with Gasteiger partial charge in [0.05, 0.1) is 24.9 Å². The fraction of sp³-hybridized carbons (Fsp3) is 0.176. The van der Waals surface area contributed by atoms with Crippen molar-refractivity contribution in [1.82, 2.24) is 15.0 Å². The van der Waals surface area contributed by atoms with E-state index >= 15 is 0 Å². The van der Waals surface area contributed by atoms with Gasteiger partial charge in [0.15, 0.2) is 22.3 Å². The van der Waals surface area contributed by atoms with Crippen LogP contribution in [0.25, 0.3) is 11.3 Å². The SMILES string of the molecule is COc1ccc(-c2nc(NC(=O)c3ncncc3Cl)sc2C)cc1OC. The average Bonchev–Trinajstić information content (AvgIpc) is 3.01. The maximum absolute atomic E-state index is 12.3. The molecule has 0 fully saturated rings. The van der Waals surface area contributed by atoms with Crippen LogP contribution >= 0.6 is 22.9 Å². The first-order chi connectivity index (χ1) is 12.5. The molecular formula is C17H15ClN4O3S. The normalized spacial score (nSPS) is 10.5. The number of anilines is 1. The van der Waals surface area contributed by atoms with Gasteiger partial charge in [-0.25, -0.2) is 15.0 Å². The Morgan fingerprint density at radius 3 is 2.69 bits per heavy atom.